The quantitative estimate of drug-likeness (QED) is 0.366. The molecule has 3 aromatic heterocycles. The smallest absolute Gasteiger partial charge is 0.479 e. The first-order chi connectivity index (χ1) is 17.3. The van der Waals surface area contributed by atoms with E-state index >= 15 is 0 Å². The lowest BCUT2D eigenvalue weighted by Gasteiger charge is -2.24. The molecule has 0 saturated carbocycles. The van der Waals surface area contributed by atoms with Crippen LogP contribution in [0.5, 0.6) is 11.6 Å². The lowest BCUT2D eigenvalue weighted by atomic mass is 9.90. The lowest BCUT2D eigenvalue weighted by molar-refractivity contribution is -0.275. The summed E-state index contributed by atoms with van der Waals surface area (Å²) in [5.74, 6) is 0.917. The van der Waals surface area contributed by atoms with E-state index < -0.39 is 6.36 Å². The third kappa shape index (κ3) is 4.95. The minimum atomic E-state index is -4.77. The molecular formula is C25H23F3N6O2. The lowest BCUT2D eigenvalue weighted by Crippen LogP contribution is -2.21. The van der Waals surface area contributed by atoms with Crippen LogP contribution in [-0.2, 0) is 6.54 Å². The molecule has 186 valence electrons. The maximum absolute atomic E-state index is 12.9. The zero-order valence-electron chi connectivity index (χ0n) is 19.6. The van der Waals surface area contributed by atoms with Gasteiger partial charge in [-0.05, 0) is 50.1 Å². The van der Waals surface area contributed by atoms with Crippen LogP contribution >= 0.6 is 0 Å². The van der Waals surface area contributed by atoms with Gasteiger partial charge in [0.2, 0.25) is 5.88 Å². The summed E-state index contributed by atoms with van der Waals surface area (Å²) in [6, 6.07) is 9.91. The largest absolute Gasteiger partial charge is 0.573 e. The third-order valence-electron chi connectivity index (χ3n) is 5.86. The number of hydrogen-bond acceptors (Lipinski definition) is 6. The average Bonchev–Trinajstić information content (AvgIpc) is 3.47. The number of ether oxygens (including phenoxy) is 2. The van der Waals surface area contributed by atoms with Crippen LogP contribution in [0.3, 0.4) is 0 Å². The van der Waals surface area contributed by atoms with Crippen LogP contribution in [0.4, 0.5) is 13.2 Å². The predicted octanol–water partition coefficient (Wildman–Crippen LogP) is 5.17. The molecule has 0 aliphatic carbocycles. The Balaban J connectivity index is 1.41. The Labute approximate surface area is 205 Å². The van der Waals surface area contributed by atoms with Gasteiger partial charge in [0.15, 0.2) is 5.82 Å². The molecule has 0 radical (unpaired) electrons. The summed E-state index contributed by atoms with van der Waals surface area (Å²) < 4.78 is 52.1. The van der Waals surface area contributed by atoms with E-state index in [0.29, 0.717) is 41.8 Å². The van der Waals surface area contributed by atoms with E-state index in [0.717, 1.165) is 17.8 Å². The maximum Gasteiger partial charge on any atom is 0.573 e. The fraction of sp³-hybridized carbons (Fsp3) is 0.280. The number of imidazole rings is 1. The van der Waals surface area contributed by atoms with E-state index in [2.05, 4.69) is 24.8 Å². The molecule has 1 atom stereocenters. The summed E-state index contributed by atoms with van der Waals surface area (Å²) in [7, 11) is 1.55. The van der Waals surface area contributed by atoms with Crippen molar-refractivity contribution in [3.8, 4) is 17.3 Å². The average molecular weight is 496 g/mol. The van der Waals surface area contributed by atoms with Crippen molar-refractivity contribution in [1.82, 2.24) is 29.3 Å². The van der Waals surface area contributed by atoms with Crippen LogP contribution in [0.25, 0.3) is 17.8 Å². The van der Waals surface area contributed by atoms with Gasteiger partial charge >= 0.3 is 6.36 Å². The highest BCUT2D eigenvalue weighted by atomic mass is 19.4. The van der Waals surface area contributed by atoms with Gasteiger partial charge in [0.05, 0.1) is 24.8 Å². The van der Waals surface area contributed by atoms with Crippen molar-refractivity contribution in [2.75, 3.05) is 7.11 Å². The highest BCUT2D eigenvalue weighted by Gasteiger charge is 2.34. The number of alkyl halides is 3. The zero-order valence-corrected chi connectivity index (χ0v) is 19.6. The molecule has 0 bridgehead atoms. The molecule has 1 aromatic carbocycles. The molecule has 0 saturated heterocycles. The second-order valence-electron chi connectivity index (χ2n) is 8.35. The monoisotopic (exact) mass is 496 g/mol. The molecule has 0 fully saturated rings. The van der Waals surface area contributed by atoms with E-state index in [1.54, 1.807) is 42.4 Å². The fourth-order valence-electron chi connectivity index (χ4n) is 4.32. The Morgan fingerprint density at radius 1 is 1.08 bits per heavy atom. The van der Waals surface area contributed by atoms with E-state index in [9.17, 15) is 13.2 Å². The molecule has 0 N–H and O–H groups in total. The fourth-order valence-corrected chi connectivity index (χ4v) is 4.32. The number of aromatic nitrogens is 6. The zero-order chi connectivity index (χ0) is 25.3. The Bertz CT molecular complexity index is 1410. The molecule has 5 rings (SSSR count). The number of nitrogens with zero attached hydrogens (tertiary/aromatic N) is 6. The predicted molar refractivity (Wildman–Crippen MR) is 126 cm³/mol. The first-order valence-corrected chi connectivity index (χ1v) is 11.3. The van der Waals surface area contributed by atoms with E-state index in [1.807, 2.05) is 29.8 Å². The van der Waals surface area contributed by atoms with Crippen LogP contribution in [0.15, 0.2) is 48.9 Å². The second-order valence-corrected chi connectivity index (χ2v) is 8.35. The molecule has 1 unspecified atom stereocenters. The Hall–Kier alpha value is -4.15. The summed E-state index contributed by atoms with van der Waals surface area (Å²) >= 11 is 0. The van der Waals surface area contributed by atoms with Gasteiger partial charge in [-0.15, -0.1) is 13.2 Å². The number of aryl methyl sites for hydroxylation is 2. The summed E-state index contributed by atoms with van der Waals surface area (Å²) in [6.07, 6.45) is 3.70. The standard InChI is InChI=1S/C25H23F3N6O2/c1-16-14-33(15-29-16)20-11-9-17(30-24(20)35-2)10-12-22-31-23-19(7-5-13-34(23)32-22)18-6-3-4-8-21(18)36-25(26,27)28/h3-4,6,8-12,14-15,19H,5,7,13H2,1-2H3. The minimum Gasteiger partial charge on any atom is -0.479 e. The minimum absolute atomic E-state index is 0.215. The van der Waals surface area contributed by atoms with Gasteiger partial charge in [0, 0.05) is 24.2 Å². The van der Waals surface area contributed by atoms with Crippen molar-refractivity contribution >= 4 is 12.2 Å². The Morgan fingerprint density at radius 2 is 1.92 bits per heavy atom. The first kappa shape index (κ1) is 23.6. The number of rotatable bonds is 6. The van der Waals surface area contributed by atoms with Crippen molar-refractivity contribution in [2.45, 2.75) is 38.6 Å². The molecule has 36 heavy (non-hydrogen) atoms. The van der Waals surface area contributed by atoms with E-state index in [4.69, 9.17) is 4.74 Å². The molecule has 11 heteroatoms. The number of fused-ring (bicyclic) bond motifs is 1. The van der Waals surface area contributed by atoms with Crippen LogP contribution in [0.2, 0.25) is 0 Å². The highest BCUT2D eigenvalue weighted by Crippen LogP contribution is 2.39. The number of methoxy groups -OCH3 is 1. The molecular weight excluding hydrogens is 473 g/mol. The Kier molecular flexibility index (Phi) is 6.21. The van der Waals surface area contributed by atoms with Gasteiger partial charge in [-0.1, -0.05) is 18.2 Å². The summed E-state index contributed by atoms with van der Waals surface area (Å²) in [4.78, 5) is 13.4. The first-order valence-electron chi connectivity index (χ1n) is 11.3. The van der Waals surface area contributed by atoms with Gasteiger partial charge in [0.1, 0.15) is 17.3 Å². The van der Waals surface area contributed by atoms with Gasteiger partial charge in [-0.3, -0.25) is 0 Å². The van der Waals surface area contributed by atoms with Crippen molar-refractivity contribution in [3.05, 3.63) is 77.5 Å². The number of para-hydroxylation sites is 1. The number of hydrogen-bond donors (Lipinski definition) is 0. The highest BCUT2D eigenvalue weighted by molar-refractivity contribution is 5.65. The number of pyridine rings is 1. The SMILES string of the molecule is COc1nc(C=Cc2nc3n(n2)CCCC3c2ccccc2OC(F)(F)F)ccc1-n1cnc(C)c1. The summed E-state index contributed by atoms with van der Waals surface area (Å²) in [5.41, 5.74) is 2.71. The molecule has 1 aliphatic rings. The topological polar surface area (TPSA) is 79.9 Å². The van der Waals surface area contributed by atoms with Crippen LogP contribution < -0.4 is 9.47 Å². The van der Waals surface area contributed by atoms with E-state index in [1.165, 1.54) is 12.1 Å². The maximum atomic E-state index is 12.9. The normalized spacial score (nSPS) is 15.8. The molecule has 1 aliphatic heterocycles. The molecule has 0 amide bonds. The van der Waals surface area contributed by atoms with Gasteiger partial charge in [0.25, 0.3) is 0 Å². The number of halogens is 3. The van der Waals surface area contributed by atoms with Gasteiger partial charge in [-0.25, -0.2) is 19.6 Å². The van der Waals surface area contributed by atoms with E-state index in [-0.39, 0.29) is 11.7 Å². The van der Waals surface area contributed by atoms with Crippen LogP contribution in [-0.4, -0.2) is 42.8 Å². The van der Waals surface area contributed by atoms with Gasteiger partial charge < -0.3 is 14.0 Å². The van der Waals surface area contributed by atoms with Crippen molar-refractivity contribution in [1.29, 1.82) is 0 Å². The summed E-state index contributed by atoms with van der Waals surface area (Å²) in [6.45, 7) is 2.54. The van der Waals surface area contributed by atoms with Crippen molar-refractivity contribution in [3.63, 3.8) is 0 Å². The van der Waals surface area contributed by atoms with Crippen LogP contribution in [0.1, 0.15) is 47.4 Å². The third-order valence-corrected chi connectivity index (χ3v) is 5.86. The molecule has 4 heterocycles. The molecule has 0 spiro atoms. The Morgan fingerprint density at radius 3 is 2.67 bits per heavy atom. The molecule has 4 aromatic rings. The molecule has 8 nitrogen and oxygen atoms in total. The van der Waals surface area contributed by atoms with Crippen molar-refractivity contribution in [2.24, 2.45) is 0 Å². The summed E-state index contributed by atoms with van der Waals surface area (Å²) in [5, 5.41) is 4.54. The van der Waals surface area contributed by atoms with Gasteiger partial charge in [-0.2, -0.15) is 5.10 Å². The van der Waals surface area contributed by atoms with Crippen molar-refractivity contribution < 1.29 is 22.6 Å². The second kappa shape index (κ2) is 9.48. The van der Waals surface area contributed by atoms with Crippen LogP contribution in [0, 0.1) is 6.92 Å². The number of benzene rings is 1.